The predicted molar refractivity (Wildman–Crippen MR) is 70.5 cm³/mol. The van der Waals surface area contributed by atoms with E-state index in [1.54, 1.807) is 6.07 Å². The minimum absolute atomic E-state index is 0.382. The molecule has 1 aromatic rings. The Balaban J connectivity index is 1.93. The van der Waals surface area contributed by atoms with Crippen LogP contribution in [0.25, 0.3) is 0 Å². The molecule has 1 fully saturated rings. The van der Waals surface area contributed by atoms with Crippen molar-refractivity contribution in [2.45, 2.75) is 19.8 Å². The molecule has 3 heteroatoms. The van der Waals surface area contributed by atoms with Crippen LogP contribution in [-0.4, -0.2) is 42.7 Å². The zero-order valence-corrected chi connectivity index (χ0v) is 10.6. The molecule has 2 rings (SSSR count). The maximum atomic E-state index is 9.47. The number of nitrogens with zero attached hydrogens (tertiary/aromatic N) is 1. The monoisotopic (exact) mass is 234 g/mol. The number of hydrogen-bond acceptors (Lipinski definition) is 3. The summed E-state index contributed by atoms with van der Waals surface area (Å²) in [5.74, 6) is 0.382. The van der Waals surface area contributed by atoms with Gasteiger partial charge < -0.3 is 15.3 Å². The minimum atomic E-state index is 0.382. The first-order valence-electron chi connectivity index (χ1n) is 6.53. The summed E-state index contributed by atoms with van der Waals surface area (Å²) in [5.41, 5.74) is 2.66. The summed E-state index contributed by atoms with van der Waals surface area (Å²) in [5, 5.41) is 12.8. The van der Waals surface area contributed by atoms with Crippen LogP contribution in [0, 0.1) is 0 Å². The number of nitrogens with one attached hydrogen (secondary N) is 1. The predicted octanol–water partition coefficient (Wildman–Crippen LogP) is 1.40. The normalized spacial score (nSPS) is 17.2. The van der Waals surface area contributed by atoms with Crippen molar-refractivity contribution < 1.29 is 5.11 Å². The lowest BCUT2D eigenvalue weighted by Crippen LogP contribution is -2.44. The van der Waals surface area contributed by atoms with Crippen molar-refractivity contribution in [3.8, 4) is 5.75 Å². The van der Waals surface area contributed by atoms with E-state index in [0.29, 0.717) is 5.75 Å². The van der Waals surface area contributed by atoms with Crippen molar-refractivity contribution in [1.82, 2.24) is 10.2 Å². The first kappa shape index (κ1) is 12.4. The molecule has 0 aromatic heterocycles. The van der Waals surface area contributed by atoms with E-state index in [2.05, 4.69) is 23.2 Å². The summed E-state index contributed by atoms with van der Waals surface area (Å²) in [6.07, 6.45) is 2.08. The molecule has 1 saturated heterocycles. The summed E-state index contributed by atoms with van der Waals surface area (Å²) >= 11 is 0. The van der Waals surface area contributed by atoms with Crippen molar-refractivity contribution in [2.24, 2.45) is 0 Å². The Bertz CT molecular complexity index is 359. The Morgan fingerprint density at radius 3 is 2.71 bits per heavy atom. The van der Waals surface area contributed by atoms with Gasteiger partial charge in [0.05, 0.1) is 0 Å². The highest BCUT2D eigenvalue weighted by Crippen LogP contribution is 2.18. The van der Waals surface area contributed by atoms with Gasteiger partial charge in [0, 0.05) is 32.7 Å². The van der Waals surface area contributed by atoms with E-state index in [0.717, 1.165) is 45.6 Å². The number of phenols is 1. The topological polar surface area (TPSA) is 35.5 Å². The molecule has 0 saturated carbocycles. The van der Waals surface area contributed by atoms with Crippen LogP contribution in [0.3, 0.4) is 0 Å². The van der Waals surface area contributed by atoms with E-state index in [1.807, 2.05) is 6.07 Å². The lowest BCUT2D eigenvalue weighted by atomic mass is 10.0. The molecule has 0 atom stereocenters. The lowest BCUT2D eigenvalue weighted by molar-refractivity contribution is 0.243. The minimum Gasteiger partial charge on any atom is -0.508 e. The van der Waals surface area contributed by atoms with Gasteiger partial charge in [-0.15, -0.1) is 0 Å². The Kier molecular flexibility index (Phi) is 4.40. The highest BCUT2D eigenvalue weighted by Gasteiger charge is 2.10. The third-order valence-corrected chi connectivity index (χ3v) is 3.48. The van der Waals surface area contributed by atoms with Crippen LogP contribution in [0.15, 0.2) is 18.2 Å². The number of aromatic hydroxyl groups is 1. The molecule has 17 heavy (non-hydrogen) atoms. The van der Waals surface area contributed by atoms with Crippen LogP contribution >= 0.6 is 0 Å². The average molecular weight is 234 g/mol. The molecule has 1 heterocycles. The fraction of sp³-hybridized carbons (Fsp3) is 0.571. The SMILES string of the molecule is CCc1cc(O)ccc1CCN1CCNCC1. The molecule has 2 N–H and O–H groups in total. The number of phenolic OH excluding ortho intramolecular Hbond substituents is 1. The van der Waals surface area contributed by atoms with Gasteiger partial charge in [-0.05, 0) is 36.1 Å². The van der Waals surface area contributed by atoms with E-state index in [4.69, 9.17) is 0 Å². The molecular weight excluding hydrogens is 212 g/mol. The molecular formula is C14H22N2O. The second-order valence-corrected chi connectivity index (χ2v) is 4.65. The third kappa shape index (κ3) is 3.45. The lowest BCUT2D eigenvalue weighted by Gasteiger charge is -2.27. The fourth-order valence-corrected chi connectivity index (χ4v) is 2.40. The molecule has 1 aliphatic heterocycles. The summed E-state index contributed by atoms with van der Waals surface area (Å²) in [4.78, 5) is 2.50. The number of aryl methyl sites for hydroxylation is 1. The van der Waals surface area contributed by atoms with Crippen molar-refractivity contribution in [3.05, 3.63) is 29.3 Å². The Hall–Kier alpha value is -1.06. The quantitative estimate of drug-likeness (QED) is 0.826. The summed E-state index contributed by atoms with van der Waals surface area (Å²) in [6.45, 7) is 7.79. The Morgan fingerprint density at radius 1 is 1.24 bits per heavy atom. The molecule has 0 amide bonds. The van der Waals surface area contributed by atoms with Gasteiger partial charge in [0.25, 0.3) is 0 Å². The third-order valence-electron chi connectivity index (χ3n) is 3.48. The molecule has 1 aliphatic rings. The number of rotatable bonds is 4. The molecule has 3 nitrogen and oxygen atoms in total. The van der Waals surface area contributed by atoms with E-state index < -0.39 is 0 Å². The van der Waals surface area contributed by atoms with Gasteiger partial charge in [0.2, 0.25) is 0 Å². The van der Waals surface area contributed by atoms with E-state index in [1.165, 1.54) is 11.1 Å². The molecule has 1 aromatic carbocycles. The number of benzene rings is 1. The van der Waals surface area contributed by atoms with E-state index in [9.17, 15) is 5.11 Å². The molecule has 0 aliphatic carbocycles. The van der Waals surface area contributed by atoms with Gasteiger partial charge in [-0.2, -0.15) is 0 Å². The van der Waals surface area contributed by atoms with Gasteiger partial charge in [-0.25, -0.2) is 0 Å². The molecule has 0 bridgehead atoms. The molecule has 0 unspecified atom stereocenters. The first-order valence-corrected chi connectivity index (χ1v) is 6.53. The summed E-state index contributed by atoms with van der Waals surface area (Å²) in [6, 6.07) is 5.76. The second-order valence-electron chi connectivity index (χ2n) is 4.65. The first-order chi connectivity index (χ1) is 8.29. The largest absolute Gasteiger partial charge is 0.508 e. The van der Waals surface area contributed by atoms with Gasteiger partial charge in [0.1, 0.15) is 5.75 Å². The maximum absolute atomic E-state index is 9.47. The van der Waals surface area contributed by atoms with Crippen LogP contribution in [0.2, 0.25) is 0 Å². The van der Waals surface area contributed by atoms with Gasteiger partial charge in [-0.1, -0.05) is 13.0 Å². The van der Waals surface area contributed by atoms with Gasteiger partial charge in [0.15, 0.2) is 0 Å². The van der Waals surface area contributed by atoms with Gasteiger partial charge >= 0.3 is 0 Å². The highest BCUT2D eigenvalue weighted by atomic mass is 16.3. The van der Waals surface area contributed by atoms with Crippen LogP contribution in [0.4, 0.5) is 0 Å². The number of hydrogen-bond donors (Lipinski definition) is 2. The highest BCUT2D eigenvalue weighted by molar-refractivity contribution is 5.35. The fourth-order valence-electron chi connectivity index (χ4n) is 2.40. The van der Waals surface area contributed by atoms with Crippen LogP contribution in [-0.2, 0) is 12.8 Å². The molecule has 94 valence electrons. The Labute approximate surface area is 103 Å². The van der Waals surface area contributed by atoms with Gasteiger partial charge in [-0.3, -0.25) is 0 Å². The Morgan fingerprint density at radius 2 is 2.00 bits per heavy atom. The average Bonchev–Trinajstić information content (AvgIpc) is 2.38. The van der Waals surface area contributed by atoms with Crippen molar-refractivity contribution >= 4 is 0 Å². The van der Waals surface area contributed by atoms with E-state index in [-0.39, 0.29) is 0 Å². The van der Waals surface area contributed by atoms with Crippen LogP contribution in [0.1, 0.15) is 18.1 Å². The second kappa shape index (κ2) is 6.03. The van der Waals surface area contributed by atoms with Crippen LogP contribution in [0.5, 0.6) is 5.75 Å². The molecule has 0 spiro atoms. The zero-order chi connectivity index (χ0) is 12.1. The smallest absolute Gasteiger partial charge is 0.115 e. The summed E-state index contributed by atoms with van der Waals surface area (Å²) in [7, 11) is 0. The standard InChI is InChI=1S/C14H22N2O/c1-2-12-11-14(17)4-3-13(12)5-8-16-9-6-15-7-10-16/h3-4,11,15,17H,2,5-10H2,1H3. The maximum Gasteiger partial charge on any atom is 0.115 e. The number of piperazine rings is 1. The van der Waals surface area contributed by atoms with E-state index >= 15 is 0 Å². The van der Waals surface area contributed by atoms with Crippen LogP contribution < -0.4 is 5.32 Å². The van der Waals surface area contributed by atoms with Crippen molar-refractivity contribution in [3.63, 3.8) is 0 Å². The zero-order valence-electron chi connectivity index (χ0n) is 10.6. The van der Waals surface area contributed by atoms with Crippen molar-refractivity contribution in [2.75, 3.05) is 32.7 Å². The van der Waals surface area contributed by atoms with Crippen molar-refractivity contribution in [1.29, 1.82) is 0 Å². The summed E-state index contributed by atoms with van der Waals surface area (Å²) < 4.78 is 0. The molecule has 0 radical (unpaired) electrons.